The molecule has 0 unspecified atom stereocenters. The van der Waals surface area contributed by atoms with Gasteiger partial charge in [-0.25, -0.2) is 14.6 Å². The Morgan fingerprint density at radius 2 is 1.96 bits per heavy atom. The number of para-hydroxylation sites is 1. The second-order valence-electron chi connectivity index (χ2n) is 5.58. The summed E-state index contributed by atoms with van der Waals surface area (Å²) in [5.74, 6) is 1.62. The maximum absolute atomic E-state index is 9.36. The van der Waals surface area contributed by atoms with Crippen molar-refractivity contribution in [1.82, 2.24) is 19.7 Å². The predicted molar refractivity (Wildman–Crippen MR) is 92.8 cm³/mol. The molecule has 4 rings (SSSR count). The third kappa shape index (κ3) is 2.40. The molecule has 0 saturated carbocycles. The highest BCUT2D eigenvalue weighted by molar-refractivity contribution is 5.89. The van der Waals surface area contributed by atoms with Crippen molar-refractivity contribution in [3.8, 4) is 11.8 Å². The van der Waals surface area contributed by atoms with E-state index < -0.39 is 0 Å². The summed E-state index contributed by atoms with van der Waals surface area (Å²) in [5, 5.41) is 17.6. The van der Waals surface area contributed by atoms with Crippen molar-refractivity contribution in [1.29, 1.82) is 5.26 Å². The average Bonchev–Trinajstić information content (AvgIpc) is 3.18. The molecule has 0 aliphatic carbocycles. The zero-order valence-electron chi connectivity index (χ0n) is 13.7. The molecule has 0 radical (unpaired) electrons. The van der Waals surface area contributed by atoms with Crippen LogP contribution < -0.4 is 5.32 Å². The molecule has 4 aromatic rings. The van der Waals surface area contributed by atoms with Crippen molar-refractivity contribution < 1.29 is 4.42 Å². The molecule has 0 aliphatic heterocycles. The van der Waals surface area contributed by atoms with E-state index in [-0.39, 0.29) is 0 Å². The summed E-state index contributed by atoms with van der Waals surface area (Å²) in [4.78, 5) is 8.62. The van der Waals surface area contributed by atoms with Gasteiger partial charge in [0.15, 0.2) is 5.65 Å². The molecule has 1 aromatic carbocycles. The van der Waals surface area contributed by atoms with Gasteiger partial charge in [0.2, 0.25) is 5.88 Å². The van der Waals surface area contributed by atoms with E-state index in [9.17, 15) is 5.26 Å². The molecule has 25 heavy (non-hydrogen) atoms. The summed E-state index contributed by atoms with van der Waals surface area (Å²) in [6, 6.07) is 11.9. The Bertz CT molecular complexity index is 1100. The molecule has 0 bridgehead atoms. The number of hydrogen-bond donors (Lipinski definition) is 1. The van der Waals surface area contributed by atoms with Crippen LogP contribution in [0.2, 0.25) is 0 Å². The fourth-order valence-electron chi connectivity index (χ4n) is 2.66. The lowest BCUT2D eigenvalue weighted by atomic mass is 10.2. The van der Waals surface area contributed by atoms with Gasteiger partial charge in [0, 0.05) is 5.56 Å². The third-order valence-electron chi connectivity index (χ3n) is 4.10. The monoisotopic (exact) mass is 330 g/mol. The first-order chi connectivity index (χ1) is 12.2. The fourth-order valence-corrected chi connectivity index (χ4v) is 2.66. The number of nitrogens with one attached hydrogen (secondary N) is 1. The van der Waals surface area contributed by atoms with Crippen LogP contribution in [0.5, 0.6) is 0 Å². The number of nitriles is 1. The van der Waals surface area contributed by atoms with Crippen LogP contribution in [0, 0.1) is 25.2 Å². The van der Waals surface area contributed by atoms with Crippen molar-refractivity contribution in [3.05, 3.63) is 59.7 Å². The van der Waals surface area contributed by atoms with Crippen molar-refractivity contribution in [3.63, 3.8) is 0 Å². The van der Waals surface area contributed by atoms with Gasteiger partial charge in [0.25, 0.3) is 0 Å². The molecule has 0 atom stereocenters. The molecule has 0 fully saturated rings. The van der Waals surface area contributed by atoms with Crippen molar-refractivity contribution in [2.45, 2.75) is 13.8 Å². The molecule has 1 N–H and O–H groups in total. The zero-order chi connectivity index (χ0) is 17.4. The quantitative estimate of drug-likeness (QED) is 0.616. The molecule has 3 aromatic heterocycles. The number of benzene rings is 1. The van der Waals surface area contributed by atoms with Crippen molar-refractivity contribution >= 4 is 22.7 Å². The third-order valence-corrected chi connectivity index (χ3v) is 4.10. The van der Waals surface area contributed by atoms with Crippen LogP contribution in [0.25, 0.3) is 16.7 Å². The van der Waals surface area contributed by atoms with Gasteiger partial charge in [0.1, 0.15) is 29.5 Å². The number of hydrogen-bond acceptors (Lipinski definition) is 6. The molecule has 0 aliphatic rings. The lowest BCUT2D eigenvalue weighted by molar-refractivity contribution is 0.548. The number of aryl methyl sites for hydroxylation is 1. The van der Waals surface area contributed by atoms with Crippen LogP contribution in [-0.4, -0.2) is 19.7 Å². The first-order valence-corrected chi connectivity index (χ1v) is 7.70. The Morgan fingerprint density at radius 1 is 1.16 bits per heavy atom. The lowest BCUT2D eigenvalue weighted by Crippen LogP contribution is -1.99. The van der Waals surface area contributed by atoms with Gasteiger partial charge in [0.05, 0.1) is 17.3 Å². The molecular formula is C18H14N6O. The smallest absolute Gasteiger partial charge is 0.216 e. The van der Waals surface area contributed by atoms with E-state index in [2.05, 4.69) is 26.5 Å². The van der Waals surface area contributed by atoms with E-state index in [0.29, 0.717) is 28.7 Å². The van der Waals surface area contributed by atoms with Gasteiger partial charge in [-0.2, -0.15) is 10.4 Å². The second-order valence-corrected chi connectivity index (χ2v) is 5.58. The Hall–Kier alpha value is -3.66. The largest absolute Gasteiger partial charge is 0.444 e. The highest BCUT2D eigenvalue weighted by Gasteiger charge is 2.17. The Kier molecular flexibility index (Phi) is 3.43. The van der Waals surface area contributed by atoms with E-state index in [1.807, 2.05) is 44.2 Å². The van der Waals surface area contributed by atoms with Gasteiger partial charge in [-0.1, -0.05) is 18.2 Å². The number of anilines is 2. The molecule has 0 amide bonds. The Balaban J connectivity index is 1.81. The van der Waals surface area contributed by atoms with Gasteiger partial charge in [-0.3, -0.25) is 0 Å². The molecule has 3 heterocycles. The standard InChI is InChI=1S/C18H14N6O/c1-11-12(2)25-18(14(11)8-19)23-16-15-9-22-24(17(15)21-10-20-16)13-6-4-3-5-7-13/h3-7,9-10H,1-2H3,(H,20,21,23). The summed E-state index contributed by atoms with van der Waals surface area (Å²) >= 11 is 0. The zero-order valence-corrected chi connectivity index (χ0v) is 13.7. The summed E-state index contributed by atoms with van der Waals surface area (Å²) < 4.78 is 7.40. The molecule has 7 heteroatoms. The van der Waals surface area contributed by atoms with Crippen LogP contribution in [0.4, 0.5) is 11.7 Å². The average molecular weight is 330 g/mol. The molecule has 0 spiro atoms. The summed E-state index contributed by atoms with van der Waals surface area (Å²) in [7, 11) is 0. The summed E-state index contributed by atoms with van der Waals surface area (Å²) in [5.41, 5.74) is 2.86. The maximum Gasteiger partial charge on any atom is 0.216 e. The van der Waals surface area contributed by atoms with E-state index in [4.69, 9.17) is 4.42 Å². The minimum atomic E-state index is 0.380. The number of nitrogens with zero attached hydrogens (tertiary/aromatic N) is 5. The van der Waals surface area contributed by atoms with Gasteiger partial charge in [-0.15, -0.1) is 0 Å². The van der Waals surface area contributed by atoms with Crippen LogP contribution in [0.3, 0.4) is 0 Å². The van der Waals surface area contributed by atoms with Crippen LogP contribution in [0.15, 0.2) is 47.3 Å². The number of aromatic nitrogens is 4. The fraction of sp³-hybridized carbons (Fsp3) is 0.111. The molecule has 7 nitrogen and oxygen atoms in total. The Morgan fingerprint density at radius 3 is 2.72 bits per heavy atom. The van der Waals surface area contributed by atoms with Crippen LogP contribution >= 0.6 is 0 Å². The number of fused-ring (bicyclic) bond motifs is 1. The van der Waals surface area contributed by atoms with Crippen molar-refractivity contribution in [2.24, 2.45) is 0 Å². The number of rotatable bonds is 3. The molecule has 122 valence electrons. The van der Waals surface area contributed by atoms with Crippen molar-refractivity contribution in [2.75, 3.05) is 5.32 Å². The van der Waals surface area contributed by atoms with E-state index >= 15 is 0 Å². The first kappa shape index (κ1) is 14.9. The highest BCUT2D eigenvalue weighted by atomic mass is 16.4. The summed E-state index contributed by atoms with van der Waals surface area (Å²) in [6.07, 6.45) is 3.15. The first-order valence-electron chi connectivity index (χ1n) is 7.70. The minimum Gasteiger partial charge on any atom is -0.444 e. The Labute approximate surface area is 143 Å². The predicted octanol–water partition coefficient (Wildman–Crippen LogP) is 3.64. The van der Waals surface area contributed by atoms with E-state index in [1.54, 1.807) is 10.9 Å². The summed E-state index contributed by atoms with van der Waals surface area (Å²) in [6.45, 7) is 3.68. The number of furan rings is 1. The van der Waals surface area contributed by atoms with Crippen LogP contribution in [-0.2, 0) is 0 Å². The maximum atomic E-state index is 9.36. The van der Waals surface area contributed by atoms with Gasteiger partial charge in [-0.05, 0) is 26.0 Å². The van der Waals surface area contributed by atoms with E-state index in [1.165, 1.54) is 6.33 Å². The van der Waals surface area contributed by atoms with Crippen LogP contribution in [0.1, 0.15) is 16.9 Å². The molecular weight excluding hydrogens is 316 g/mol. The van der Waals surface area contributed by atoms with E-state index in [0.717, 1.165) is 16.6 Å². The van der Waals surface area contributed by atoms with Gasteiger partial charge < -0.3 is 9.73 Å². The highest BCUT2D eigenvalue weighted by Crippen LogP contribution is 2.30. The minimum absolute atomic E-state index is 0.380. The SMILES string of the molecule is Cc1oc(Nc2ncnc3c2cnn3-c2ccccc2)c(C#N)c1C. The lowest BCUT2D eigenvalue weighted by Gasteiger charge is -2.05. The topological polar surface area (TPSA) is 92.6 Å². The van der Waals surface area contributed by atoms with Gasteiger partial charge >= 0.3 is 0 Å². The normalized spacial score (nSPS) is 10.8. The second kappa shape index (κ2) is 5.76. The molecule has 0 saturated heterocycles.